The van der Waals surface area contributed by atoms with Crippen molar-refractivity contribution in [2.75, 3.05) is 20.2 Å². The molecule has 1 saturated carbocycles. The first-order valence-electron chi connectivity index (χ1n) is 8.90. The third kappa shape index (κ3) is 2.72. The molecule has 1 aliphatic carbocycles. The summed E-state index contributed by atoms with van der Waals surface area (Å²) in [6, 6.07) is 6.47. The second-order valence-corrected chi connectivity index (χ2v) is 7.24. The Labute approximate surface area is 138 Å². The first kappa shape index (κ1) is 14.9. The number of likely N-dealkylation sites (tertiary alicyclic amines) is 1. The summed E-state index contributed by atoms with van der Waals surface area (Å²) < 4.78 is 5.51. The van der Waals surface area contributed by atoms with Crippen LogP contribution < -0.4 is 4.74 Å². The molecule has 1 saturated heterocycles. The highest BCUT2D eigenvalue weighted by atomic mass is 16.5. The number of hydrogen-bond donors (Lipinski definition) is 0. The number of piperidine rings is 1. The number of methoxy groups -OCH3 is 1. The van der Waals surface area contributed by atoms with Crippen molar-refractivity contribution in [2.45, 2.75) is 45.6 Å². The molecule has 0 unspecified atom stereocenters. The van der Waals surface area contributed by atoms with E-state index in [-0.39, 0.29) is 0 Å². The summed E-state index contributed by atoms with van der Waals surface area (Å²) in [5.74, 6) is 0.957. The van der Waals surface area contributed by atoms with E-state index in [1.807, 2.05) is 6.20 Å². The third-order valence-corrected chi connectivity index (χ3v) is 5.91. The summed E-state index contributed by atoms with van der Waals surface area (Å²) in [7, 11) is 1.74. The molecule has 3 heteroatoms. The Balaban J connectivity index is 1.62. The highest BCUT2D eigenvalue weighted by Gasteiger charge is 2.44. The van der Waals surface area contributed by atoms with E-state index >= 15 is 0 Å². The molecule has 0 atom stereocenters. The maximum absolute atomic E-state index is 5.51. The van der Waals surface area contributed by atoms with Crippen LogP contribution in [-0.2, 0) is 13.0 Å². The number of fused-ring (bicyclic) bond motifs is 1. The number of aromatic nitrogens is 1. The zero-order chi connectivity index (χ0) is 15.9. The minimum Gasteiger partial charge on any atom is -0.496 e. The van der Waals surface area contributed by atoms with Crippen LogP contribution in [0.15, 0.2) is 24.4 Å². The van der Waals surface area contributed by atoms with E-state index in [2.05, 4.69) is 35.0 Å². The molecule has 122 valence electrons. The van der Waals surface area contributed by atoms with E-state index in [1.165, 1.54) is 55.3 Å². The zero-order valence-electron chi connectivity index (χ0n) is 14.3. The topological polar surface area (TPSA) is 25.4 Å². The number of nitrogens with zero attached hydrogens (tertiary/aromatic N) is 2. The van der Waals surface area contributed by atoms with E-state index in [0.717, 1.165) is 29.6 Å². The van der Waals surface area contributed by atoms with Crippen LogP contribution in [0.2, 0.25) is 0 Å². The van der Waals surface area contributed by atoms with Gasteiger partial charge in [0.05, 0.1) is 12.6 Å². The van der Waals surface area contributed by atoms with Gasteiger partial charge in [0.2, 0.25) is 0 Å². The van der Waals surface area contributed by atoms with Crippen LogP contribution in [-0.4, -0.2) is 30.1 Å². The largest absolute Gasteiger partial charge is 0.496 e. The van der Waals surface area contributed by atoms with E-state index in [1.54, 1.807) is 7.11 Å². The van der Waals surface area contributed by atoms with Crippen LogP contribution >= 0.6 is 0 Å². The fourth-order valence-corrected chi connectivity index (χ4v) is 4.09. The van der Waals surface area contributed by atoms with Crippen LogP contribution in [0.5, 0.6) is 5.75 Å². The lowest BCUT2D eigenvalue weighted by Gasteiger charge is -2.32. The van der Waals surface area contributed by atoms with Gasteiger partial charge in [0.25, 0.3) is 0 Å². The number of hydrogen-bond acceptors (Lipinski definition) is 3. The molecule has 1 aromatic carbocycles. The van der Waals surface area contributed by atoms with Crippen molar-refractivity contribution in [2.24, 2.45) is 5.41 Å². The molecule has 2 aliphatic rings. The van der Waals surface area contributed by atoms with E-state index in [0.29, 0.717) is 0 Å². The Bertz CT molecular complexity index is 711. The van der Waals surface area contributed by atoms with Gasteiger partial charge in [-0.1, -0.05) is 6.92 Å². The van der Waals surface area contributed by atoms with Gasteiger partial charge in [-0.2, -0.15) is 0 Å². The molecular weight excluding hydrogens is 284 g/mol. The second kappa shape index (κ2) is 5.79. The Morgan fingerprint density at radius 3 is 2.57 bits per heavy atom. The van der Waals surface area contributed by atoms with E-state index in [4.69, 9.17) is 4.74 Å². The lowest BCUT2D eigenvalue weighted by molar-refractivity contribution is 0.166. The summed E-state index contributed by atoms with van der Waals surface area (Å²) in [6.45, 7) is 5.72. The molecular formula is C20H26N2O. The molecule has 0 radical (unpaired) electrons. The molecule has 1 aliphatic heterocycles. The average Bonchev–Trinajstić information content (AvgIpc) is 3.35. The van der Waals surface area contributed by atoms with Crippen molar-refractivity contribution >= 4 is 10.9 Å². The minimum absolute atomic E-state index is 0.750. The minimum atomic E-state index is 0.750. The van der Waals surface area contributed by atoms with Gasteiger partial charge in [-0.25, -0.2) is 0 Å². The highest BCUT2D eigenvalue weighted by molar-refractivity contribution is 5.87. The summed E-state index contributed by atoms with van der Waals surface area (Å²) in [6.07, 6.45) is 8.64. The molecule has 2 fully saturated rings. The lowest BCUT2D eigenvalue weighted by atomic mass is 9.93. The van der Waals surface area contributed by atoms with Crippen molar-refractivity contribution in [1.29, 1.82) is 0 Å². The molecule has 23 heavy (non-hydrogen) atoms. The molecule has 4 rings (SSSR count). The van der Waals surface area contributed by atoms with Gasteiger partial charge in [0.1, 0.15) is 5.75 Å². The van der Waals surface area contributed by atoms with Crippen molar-refractivity contribution < 1.29 is 4.74 Å². The fraction of sp³-hybridized carbons (Fsp3) is 0.550. The number of aryl methyl sites for hydroxylation is 1. The van der Waals surface area contributed by atoms with Crippen molar-refractivity contribution in [3.63, 3.8) is 0 Å². The van der Waals surface area contributed by atoms with Crippen LogP contribution in [0, 0.1) is 5.41 Å². The number of pyridine rings is 1. The van der Waals surface area contributed by atoms with Gasteiger partial charge in [-0.3, -0.25) is 9.88 Å². The van der Waals surface area contributed by atoms with Gasteiger partial charge in [0.15, 0.2) is 0 Å². The molecule has 1 aromatic heterocycles. The molecule has 2 aromatic rings. The Hall–Kier alpha value is -1.61. The predicted octanol–water partition coefficient (Wildman–Crippen LogP) is 4.18. The van der Waals surface area contributed by atoms with Gasteiger partial charge < -0.3 is 4.74 Å². The van der Waals surface area contributed by atoms with E-state index < -0.39 is 0 Å². The second-order valence-electron chi connectivity index (χ2n) is 7.24. The maximum Gasteiger partial charge on any atom is 0.124 e. The normalized spacial score (nSPS) is 20.1. The van der Waals surface area contributed by atoms with Crippen molar-refractivity contribution in [1.82, 2.24) is 9.88 Å². The lowest BCUT2D eigenvalue weighted by Crippen LogP contribution is -2.34. The summed E-state index contributed by atoms with van der Waals surface area (Å²) >= 11 is 0. The van der Waals surface area contributed by atoms with Crippen LogP contribution in [0.1, 0.15) is 43.7 Å². The smallest absolute Gasteiger partial charge is 0.124 e. The Kier molecular flexibility index (Phi) is 3.76. The van der Waals surface area contributed by atoms with Gasteiger partial charge in [-0.15, -0.1) is 0 Å². The first-order valence-corrected chi connectivity index (χ1v) is 8.90. The Morgan fingerprint density at radius 2 is 1.91 bits per heavy atom. The summed E-state index contributed by atoms with van der Waals surface area (Å²) in [5.41, 5.74) is 4.49. The molecule has 0 amide bonds. The highest BCUT2D eigenvalue weighted by Crippen LogP contribution is 2.53. The standard InChI is InChI=1S/C20H26N2O/c1-3-16-18(23-2)5-4-17-15(6-11-21-19(16)17)14-22-12-9-20(7-8-20)10-13-22/h4-6,11H,3,7-10,12-14H2,1-2H3. The molecule has 3 nitrogen and oxygen atoms in total. The van der Waals surface area contributed by atoms with Crippen LogP contribution in [0.25, 0.3) is 10.9 Å². The first-order chi connectivity index (χ1) is 11.2. The molecule has 0 N–H and O–H groups in total. The monoisotopic (exact) mass is 310 g/mol. The van der Waals surface area contributed by atoms with Gasteiger partial charge >= 0.3 is 0 Å². The zero-order valence-corrected chi connectivity index (χ0v) is 14.3. The summed E-state index contributed by atoms with van der Waals surface area (Å²) in [5, 5.41) is 1.29. The molecule has 0 bridgehead atoms. The predicted molar refractivity (Wildman–Crippen MR) is 93.9 cm³/mol. The molecule has 2 heterocycles. The quantitative estimate of drug-likeness (QED) is 0.847. The SMILES string of the molecule is CCc1c(OC)ccc2c(CN3CCC4(CC3)CC4)ccnc12. The van der Waals surface area contributed by atoms with Crippen LogP contribution in [0.3, 0.4) is 0 Å². The maximum atomic E-state index is 5.51. The number of benzene rings is 1. The van der Waals surface area contributed by atoms with Crippen molar-refractivity contribution in [3.05, 3.63) is 35.5 Å². The van der Waals surface area contributed by atoms with Crippen LogP contribution in [0.4, 0.5) is 0 Å². The molecule has 1 spiro atoms. The van der Waals surface area contributed by atoms with Gasteiger partial charge in [0, 0.05) is 23.7 Å². The summed E-state index contributed by atoms with van der Waals surface area (Å²) in [4.78, 5) is 7.27. The van der Waals surface area contributed by atoms with Crippen molar-refractivity contribution in [3.8, 4) is 5.75 Å². The van der Waals surface area contributed by atoms with Gasteiger partial charge in [-0.05, 0) is 74.4 Å². The number of rotatable bonds is 4. The Morgan fingerprint density at radius 1 is 1.13 bits per heavy atom. The van der Waals surface area contributed by atoms with E-state index in [9.17, 15) is 0 Å². The average molecular weight is 310 g/mol. The third-order valence-electron chi connectivity index (χ3n) is 5.91. The fourth-order valence-electron chi connectivity index (χ4n) is 4.09. The number of ether oxygens (including phenoxy) is 1.